The number of carbonyl (C=O) groups is 1. The molecule has 1 aliphatic rings. The molecule has 0 aliphatic carbocycles. The highest BCUT2D eigenvalue weighted by Crippen LogP contribution is 2.24. The van der Waals surface area contributed by atoms with Gasteiger partial charge in [-0.3, -0.25) is 4.79 Å². The van der Waals surface area contributed by atoms with E-state index < -0.39 is 0 Å². The van der Waals surface area contributed by atoms with E-state index in [1.165, 1.54) is 23.3 Å². The summed E-state index contributed by atoms with van der Waals surface area (Å²) in [6.45, 7) is 4.73. The van der Waals surface area contributed by atoms with Crippen LogP contribution < -0.4 is 10.5 Å². The summed E-state index contributed by atoms with van der Waals surface area (Å²) in [4.78, 5) is 18.8. The fraction of sp³-hybridized carbons (Fsp3) is 0.500. The lowest BCUT2D eigenvalue weighted by molar-refractivity contribution is 0.0681. The Balaban J connectivity index is 0.00000261. The Hall–Kier alpha value is -1.63. The first-order chi connectivity index (χ1) is 12.7. The molecule has 1 amide bonds. The number of hydrogen-bond donors (Lipinski definition) is 1. The molecule has 7 heteroatoms. The number of aryl methyl sites for hydroxylation is 1. The Morgan fingerprint density at radius 1 is 1.30 bits per heavy atom. The van der Waals surface area contributed by atoms with Crippen LogP contribution in [0, 0.1) is 5.92 Å². The largest absolute Gasteiger partial charge is 0.494 e. The highest BCUT2D eigenvalue weighted by Gasteiger charge is 2.24. The molecule has 0 saturated carbocycles. The van der Waals surface area contributed by atoms with Gasteiger partial charge in [0.15, 0.2) is 0 Å². The molecule has 0 radical (unpaired) electrons. The van der Waals surface area contributed by atoms with E-state index in [1.54, 1.807) is 0 Å². The maximum absolute atomic E-state index is 12.5. The molecular formula is C20H28ClN3O2S. The summed E-state index contributed by atoms with van der Waals surface area (Å²) in [5.74, 6) is 1.66. The van der Waals surface area contributed by atoms with E-state index in [0.717, 1.165) is 43.1 Å². The van der Waals surface area contributed by atoms with Crippen LogP contribution in [-0.2, 0) is 13.0 Å². The van der Waals surface area contributed by atoms with E-state index in [4.69, 9.17) is 10.5 Å². The number of nitrogens with two attached hydrogens (primary N) is 1. The lowest BCUT2D eigenvalue weighted by Crippen LogP contribution is -2.38. The van der Waals surface area contributed by atoms with Crippen LogP contribution in [0.5, 0.6) is 5.75 Å². The Morgan fingerprint density at radius 3 is 2.59 bits per heavy atom. The molecule has 0 bridgehead atoms. The zero-order valence-corrected chi connectivity index (χ0v) is 17.4. The van der Waals surface area contributed by atoms with E-state index in [1.807, 2.05) is 29.3 Å². The summed E-state index contributed by atoms with van der Waals surface area (Å²) in [6, 6.07) is 8.40. The molecule has 1 aliphatic heterocycles. The van der Waals surface area contributed by atoms with Crippen LogP contribution in [0.4, 0.5) is 0 Å². The van der Waals surface area contributed by atoms with Gasteiger partial charge < -0.3 is 15.4 Å². The monoisotopic (exact) mass is 409 g/mol. The summed E-state index contributed by atoms with van der Waals surface area (Å²) >= 11 is 1.46. The molecular weight excluding hydrogens is 382 g/mol. The molecule has 148 valence electrons. The number of amides is 1. The standard InChI is InChI=1S/C20H27N3O2S.ClH/c1-2-25-17-7-5-15(6-8-17)3-4-16-9-11-23(12-10-16)20(24)18-14-26-19(13-21)22-18;/h5-8,14,16H,2-4,9-13,21H2,1H3;1H. The highest BCUT2D eigenvalue weighted by atomic mass is 35.5. The minimum absolute atomic E-state index is 0. The minimum Gasteiger partial charge on any atom is -0.494 e. The van der Waals surface area contributed by atoms with Crippen LogP contribution in [0.25, 0.3) is 0 Å². The number of thiazole rings is 1. The van der Waals surface area contributed by atoms with Crippen molar-refractivity contribution in [3.05, 3.63) is 45.9 Å². The number of benzene rings is 1. The third-order valence-corrected chi connectivity index (χ3v) is 5.79. The summed E-state index contributed by atoms with van der Waals surface area (Å²) in [6.07, 6.45) is 4.38. The average Bonchev–Trinajstić information content (AvgIpc) is 3.17. The van der Waals surface area contributed by atoms with Gasteiger partial charge in [0.25, 0.3) is 5.91 Å². The van der Waals surface area contributed by atoms with E-state index in [-0.39, 0.29) is 18.3 Å². The van der Waals surface area contributed by atoms with Gasteiger partial charge in [0.05, 0.1) is 6.61 Å². The SMILES string of the molecule is CCOc1ccc(CCC2CCN(C(=O)c3csc(CN)n3)CC2)cc1.Cl. The maximum Gasteiger partial charge on any atom is 0.273 e. The number of ether oxygens (including phenoxy) is 1. The van der Waals surface area contributed by atoms with Crippen LogP contribution in [0.15, 0.2) is 29.6 Å². The van der Waals surface area contributed by atoms with Gasteiger partial charge in [0, 0.05) is 25.0 Å². The van der Waals surface area contributed by atoms with Gasteiger partial charge in [-0.2, -0.15) is 0 Å². The van der Waals surface area contributed by atoms with Crippen LogP contribution >= 0.6 is 23.7 Å². The fourth-order valence-corrected chi connectivity index (χ4v) is 4.03. The van der Waals surface area contributed by atoms with Crippen molar-refractivity contribution < 1.29 is 9.53 Å². The van der Waals surface area contributed by atoms with Crippen molar-refractivity contribution >= 4 is 29.7 Å². The van der Waals surface area contributed by atoms with Crippen molar-refractivity contribution in [1.29, 1.82) is 0 Å². The second-order valence-corrected chi connectivity index (χ2v) is 7.62. The number of hydrogen-bond acceptors (Lipinski definition) is 5. The molecule has 2 aromatic rings. The van der Waals surface area contributed by atoms with Gasteiger partial charge in [0.2, 0.25) is 0 Å². The molecule has 2 heterocycles. The van der Waals surface area contributed by atoms with E-state index >= 15 is 0 Å². The predicted molar refractivity (Wildman–Crippen MR) is 112 cm³/mol. The van der Waals surface area contributed by atoms with Crippen molar-refractivity contribution in [2.75, 3.05) is 19.7 Å². The molecule has 0 atom stereocenters. The van der Waals surface area contributed by atoms with Gasteiger partial charge in [-0.1, -0.05) is 12.1 Å². The molecule has 0 spiro atoms. The summed E-state index contributed by atoms with van der Waals surface area (Å²) < 4.78 is 5.49. The topological polar surface area (TPSA) is 68.5 Å². The predicted octanol–water partition coefficient (Wildman–Crippen LogP) is 3.91. The minimum atomic E-state index is 0. The first-order valence-electron chi connectivity index (χ1n) is 9.35. The molecule has 1 saturated heterocycles. The smallest absolute Gasteiger partial charge is 0.273 e. The number of likely N-dealkylation sites (tertiary alicyclic amines) is 1. The van der Waals surface area contributed by atoms with Crippen LogP contribution in [0.1, 0.15) is 47.2 Å². The zero-order valence-electron chi connectivity index (χ0n) is 15.7. The summed E-state index contributed by atoms with van der Waals surface area (Å²) in [5.41, 5.74) is 7.48. The van der Waals surface area contributed by atoms with Crippen molar-refractivity contribution in [2.24, 2.45) is 11.7 Å². The van der Waals surface area contributed by atoms with Crippen LogP contribution in [0.2, 0.25) is 0 Å². The third kappa shape index (κ3) is 5.92. The second-order valence-electron chi connectivity index (χ2n) is 6.68. The molecule has 27 heavy (non-hydrogen) atoms. The lowest BCUT2D eigenvalue weighted by Gasteiger charge is -2.31. The van der Waals surface area contributed by atoms with Gasteiger partial charge >= 0.3 is 0 Å². The normalized spacial score (nSPS) is 14.7. The van der Waals surface area contributed by atoms with Crippen molar-refractivity contribution in [1.82, 2.24) is 9.88 Å². The molecule has 3 rings (SSSR count). The first kappa shape index (κ1) is 21.7. The number of halogens is 1. The van der Waals surface area contributed by atoms with Crippen molar-refractivity contribution in [3.8, 4) is 5.75 Å². The Labute approximate surface area is 171 Å². The van der Waals surface area contributed by atoms with Gasteiger partial charge in [-0.25, -0.2) is 4.98 Å². The number of rotatable bonds is 7. The van der Waals surface area contributed by atoms with E-state index in [2.05, 4.69) is 17.1 Å². The first-order valence-corrected chi connectivity index (χ1v) is 10.2. The quantitative estimate of drug-likeness (QED) is 0.752. The maximum atomic E-state index is 12.5. The molecule has 1 aromatic heterocycles. The van der Waals surface area contributed by atoms with Crippen molar-refractivity contribution in [2.45, 2.75) is 39.2 Å². The number of carbonyl (C=O) groups excluding carboxylic acids is 1. The van der Waals surface area contributed by atoms with Crippen LogP contribution in [-0.4, -0.2) is 35.5 Å². The number of piperidine rings is 1. The van der Waals surface area contributed by atoms with E-state index in [0.29, 0.717) is 24.8 Å². The number of nitrogens with zero attached hydrogens (tertiary/aromatic N) is 2. The van der Waals surface area contributed by atoms with Gasteiger partial charge in [-0.15, -0.1) is 23.7 Å². The summed E-state index contributed by atoms with van der Waals surface area (Å²) in [5, 5.41) is 2.64. The lowest BCUT2D eigenvalue weighted by atomic mass is 9.90. The van der Waals surface area contributed by atoms with Crippen LogP contribution in [0.3, 0.4) is 0 Å². The fourth-order valence-electron chi connectivity index (χ4n) is 3.38. The molecule has 2 N–H and O–H groups in total. The molecule has 0 unspecified atom stereocenters. The highest BCUT2D eigenvalue weighted by molar-refractivity contribution is 7.09. The molecule has 1 aromatic carbocycles. The Kier molecular flexibility index (Phi) is 8.54. The van der Waals surface area contributed by atoms with Gasteiger partial charge in [-0.05, 0) is 56.2 Å². The zero-order chi connectivity index (χ0) is 18.4. The van der Waals surface area contributed by atoms with E-state index in [9.17, 15) is 4.79 Å². The summed E-state index contributed by atoms with van der Waals surface area (Å²) in [7, 11) is 0. The average molecular weight is 410 g/mol. The Bertz CT molecular complexity index is 712. The van der Waals surface area contributed by atoms with Gasteiger partial charge in [0.1, 0.15) is 16.5 Å². The molecule has 1 fully saturated rings. The number of aromatic nitrogens is 1. The van der Waals surface area contributed by atoms with Crippen molar-refractivity contribution in [3.63, 3.8) is 0 Å². The Morgan fingerprint density at radius 2 is 2.00 bits per heavy atom. The third-order valence-electron chi connectivity index (χ3n) is 4.92. The second kappa shape index (κ2) is 10.6. The molecule has 5 nitrogen and oxygen atoms in total.